The summed E-state index contributed by atoms with van der Waals surface area (Å²) in [5.41, 5.74) is 7.88. The highest BCUT2D eigenvalue weighted by Crippen LogP contribution is 2.32. The van der Waals surface area contributed by atoms with Crippen LogP contribution in [0.2, 0.25) is 0 Å². The first-order chi connectivity index (χ1) is 11.8. The van der Waals surface area contributed by atoms with E-state index in [1.54, 1.807) is 0 Å². The smallest absolute Gasteiger partial charge is 0.0702 e. The molecule has 4 heteroatoms. The highest BCUT2D eigenvalue weighted by molar-refractivity contribution is 5.14. The van der Waals surface area contributed by atoms with Crippen LogP contribution in [-0.4, -0.2) is 60.8 Å². The van der Waals surface area contributed by atoms with Gasteiger partial charge in [-0.15, -0.1) is 0 Å². The molecule has 4 nitrogen and oxygen atoms in total. The van der Waals surface area contributed by atoms with Gasteiger partial charge in [0.15, 0.2) is 0 Å². The van der Waals surface area contributed by atoms with E-state index in [0.29, 0.717) is 6.10 Å². The van der Waals surface area contributed by atoms with Crippen molar-refractivity contribution in [2.24, 2.45) is 5.73 Å². The molecule has 0 amide bonds. The molecule has 0 bridgehead atoms. The van der Waals surface area contributed by atoms with Crippen molar-refractivity contribution >= 4 is 0 Å². The van der Waals surface area contributed by atoms with Crippen molar-refractivity contribution in [3.8, 4) is 0 Å². The minimum absolute atomic E-state index is 0.183. The van der Waals surface area contributed by atoms with Gasteiger partial charge in [0.2, 0.25) is 0 Å². The van der Waals surface area contributed by atoms with Crippen LogP contribution in [-0.2, 0) is 11.3 Å². The molecular weight excluding hydrogens is 298 g/mol. The van der Waals surface area contributed by atoms with E-state index in [1.165, 1.54) is 37.8 Å². The number of hydrogen-bond acceptors (Lipinski definition) is 4. The van der Waals surface area contributed by atoms with Gasteiger partial charge < -0.3 is 10.5 Å². The fourth-order valence-corrected chi connectivity index (χ4v) is 4.36. The van der Waals surface area contributed by atoms with Gasteiger partial charge in [-0.25, -0.2) is 0 Å². The summed E-state index contributed by atoms with van der Waals surface area (Å²) in [5, 5.41) is 0. The molecule has 0 aromatic heterocycles. The van der Waals surface area contributed by atoms with Gasteiger partial charge in [-0.3, -0.25) is 9.80 Å². The molecule has 0 saturated carbocycles. The quantitative estimate of drug-likeness (QED) is 0.869. The van der Waals surface area contributed by atoms with Gasteiger partial charge in [0, 0.05) is 44.9 Å². The summed E-state index contributed by atoms with van der Waals surface area (Å²) < 4.78 is 5.90. The third kappa shape index (κ3) is 4.17. The molecule has 2 saturated heterocycles. The molecule has 134 valence electrons. The average Bonchev–Trinajstić information content (AvgIpc) is 2.64. The summed E-state index contributed by atoms with van der Waals surface area (Å²) in [4.78, 5) is 5.23. The molecule has 2 aliphatic rings. The van der Waals surface area contributed by atoms with Gasteiger partial charge in [-0.1, -0.05) is 30.3 Å². The van der Waals surface area contributed by atoms with Crippen LogP contribution < -0.4 is 5.73 Å². The normalized spacial score (nSPS) is 25.7. The summed E-state index contributed by atoms with van der Waals surface area (Å²) in [6.45, 7) is 9.26. The lowest BCUT2D eigenvalue weighted by Crippen LogP contribution is -2.62. The van der Waals surface area contributed by atoms with Gasteiger partial charge in [0.05, 0.1) is 6.10 Å². The number of benzene rings is 1. The van der Waals surface area contributed by atoms with Crippen LogP contribution in [0.15, 0.2) is 30.3 Å². The number of rotatable bonds is 6. The SMILES string of the molecule is CCOC1CCCN(C2(CN)CCN(Cc3ccccc3)CC2)C1. The molecule has 2 aliphatic heterocycles. The van der Waals surface area contributed by atoms with E-state index >= 15 is 0 Å². The number of likely N-dealkylation sites (tertiary alicyclic amines) is 2. The zero-order chi connectivity index (χ0) is 16.8. The van der Waals surface area contributed by atoms with Crippen LogP contribution >= 0.6 is 0 Å². The van der Waals surface area contributed by atoms with Crippen molar-refractivity contribution in [3.63, 3.8) is 0 Å². The molecule has 2 heterocycles. The second-order valence-electron chi connectivity index (χ2n) is 7.36. The lowest BCUT2D eigenvalue weighted by atomic mass is 9.83. The predicted octanol–water partition coefficient (Wildman–Crippen LogP) is 2.48. The van der Waals surface area contributed by atoms with Crippen molar-refractivity contribution in [2.45, 2.75) is 50.8 Å². The maximum absolute atomic E-state index is 6.29. The molecule has 1 aromatic rings. The molecule has 2 N–H and O–H groups in total. The van der Waals surface area contributed by atoms with E-state index in [1.807, 2.05) is 0 Å². The number of nitrogens with two attached hydrogens (primary N) is 1. The van der Waals surface area contributed by atoms with Crippen LogP contribution in [0.25, 0.3) is 0 Å². The molecule has 24 heavy (non-hydrogen) atoms. The Hall–Kier alpha value is -0.940. The molecule has 0 radical (unpaired) electrons. The second-order valence-corrected chi connectivity index (χ2v) is 7.36. The van der Waals surface area contributed by atoms with E-state index in [4.69, 9.17) is 10.5 Å². The Labute approximate surface area is 147 Å². The monoisotopic (exact) mass is 331 g/mol. The first-order valence-corrected chi connectivity index (χ1v) is 9.59. The second kappa shape index (κ2) is 8.43. The molecule has 2 fully saturated rings. The molecule has 1 aromatic carbocycles. The molecule has 0 aliphatic carbocycles. The fraction of sp³-hybridized carbons (Fsp3) is 0.700. The Bertz CT molecular complexity index is 483. The number of piperidine rings is 2. The molecule has 0 spiro atoms. The van der Waals surface area contributed by atoms with Gasteiger partial charge in [-0.2, -0.15) is 0 Å². The Morgan fingerprint density at radius 2 is 1.92 bits per heavy atom. The van der Waals surface area contributed by atoms with Gasteiger partial charge in [0.25, 0.3) is 0 Å². The van der Waals surface area contributed by atoms with Crippen LogP contribution in [0, 0.1) is 0 Å². The van der Waals surface area contributed by atoms with Crippen LogP contribution in [0.4, 0.5) is 0 Å². The van der Waals surface area contributed by atoms with Gasteiger partial charge in [0.1, 0.15) is 0 Å². The molecule has 3 rings (SSSR count). The van der Waals surface area contributed by atoms with Crippen LogP contribution in [0.5, 0.6) is 0 Å². The zero-order valence-electron chi connectivity index (χ0n) is 15.1. The molecule has 1 unspecified atom stereocenters. The van der Waals surface area contributed by atoms with E-state index in [9.17, 15) is 0 Å². The van der Waals surface area contributed by atoms with E-state index in [2.05, 4.69) is 47.1 Å². The summed E-state index contributed by atoms with van der Waals surface area (Å²) >= 11 is 0. The highest BCUT2D eigenvalue weighted by atomic mass is 16.5. The molecule has 1 atom stereocenters. The maximum Gasteiger partial charge on any atom is 0.0702 e. The van der Waals surface area contributed by atoms with Crippen molar-refractivity contribution in [1.82, 2.24) is 9.80 Å². The average molecular weight is 332 g/mol. The van der Waals surface area contributed by atoms with Crippen LogP contribution in [0.1, 0.15) is 38.2 Å². The Morgan fingerprint density at radius 3 is 2.58 bits per heavy atom. The first kappa shape index (κ1) is 17.9. The summed E-state index contributed by atoms with van der Waals surface area (Å²) in [6, 6.07) is 10.8. The van der Waals surface area contributed by atoms with Gasteiger partial charge >= 0.3 is 0 Å². The highest BCUT2D eigenvalue weighted by Gasteiger charge is 2.40. The Kier molecular flexibility index (Phi) is 6.28. The van der Waals surface area contributed by atoms with E-state index < -0.39 is 0 Å². The largest absolute Gasteiger partial charge is 0.377 e. The first-order valence-electron chi connectivity index (χ1n) is 9.59. The summed E-state index contributed by atoms with van der Waals surface area (Å²) in [5.74, 6) is 0. The Balaban J connectivity index is 1.57. The van der Waals surface area contributed by atoms with Crippen molar-refractivity contribution in [2.75, 3.05) is 39.3 Å². The van der Waals surface area contributed by atoms with Crippen molar-refractivity contribution < 1.29 is 4.74 Å². The molecular formula is C20H33N3O. The van der Waals surface area contributed by atoms with Gasteiger partial charge in [-0.05, 0) is 44.7 Å². The zero-order valence-corrected chi connectivity index (χ0v) is 15.1. The standard InChI is InChI=1S/C20H33N3O/c1-2-24-19-9-6-12-23(16-19)20(17-21)10-13-22(14-11-20)15-18-7-4-3-5-8-18/h3-5,7-8,19H,2,6,9-17,21H2,1H3. The number of ether oxygens (including phenoxy) is 1. The van der Waals surface area contributed by atoms with Crippen molar-refractivity contribution in [1.29, 1.82) is 0 Å². The fourth-order valence-electron chi connectivity index (χ4n) is 4.36. The van der Waals surface area contributed by atoms with E-state index in [0.717, 1.165) is 39.3 Å². The van der Waals surface area contributed by atoms with E-state index in [-0.39, 0.29) is 5.54 Å². The number of nitrogens with zero attached hydrogens (tertiary/aromatic N) is 2. The minimum Gasteiger partial charge on any atom is -0.377 e. The topological polar surface area (TPSA) is 41.7 Å². The van der Waals surface area contributed by atoms with Crippen LogP contribution in [0.3, 0.4) is 0 Å². The predicted molar refractivity (Wildman–Crippen MR) is 99.0 cm³/mol. The van der Waals surface area contributed by atoms with Crippen molar-refractivity contribution in [3.05, 3.63) is 35.9 Å². The number of hydrogen-bond donors (Lipinski definition) is 1. The lowest BCUT2D eigenvalue weighted by Gasteiger charge is -2.51. The lowest BCUT2D eigenvalue weighted by molar-refractivity contribution is -0.0518. The Morgan fingerprint density at radius 1 is 1.17 bits per heavy atom. The third-order valence-electron chi connectivity index (χ3n) is 5.87. The third-order valence-corrected chi connectivity index (χ3v) is 5.87. The maximum atomic E-state index is 6.29. The minimum atomic E-state index is 0.183. The summed E-state index contributed by atoms with van der Waals surface area (Å²) in [7, 11) is 0. The summed E-state index contributed by atoms with van der Waals surface area (Å²) in [6.07, 6.45) is 5.19.